The fourth-order valence-corrected chi connectivity index (χ4v) is 3.88. The molecule has 1 aliphatic rings. The van der Waals surface area contributed by atoms with Crippen molar-refractivity contribution in [2.45, 2.75) is 18.0 Å². The van der Waals surface area contributed by atoms with Crippen LogP contribution in [-0.2, 0) is 27.7 Å². The van der Waals surface area contributed by atoms with E-state index in [9.17, 15) is 18.5 Å². The van der Waals surface area contributed by atoms with E-state index in [2.05, 4.69) is 11.4 Å². The minimum absolute atomic E-state index is 0.0685. The summed E-state index contributed by atoms with van der Waals surface area (Å²) in [5.41, 5.74) is 2.29. The van der Waals surface area contributed by atoms with Gasteiger partial charge < -0.3 is 15.0 Å². The lowest BCUT2D eigenvalue weighted by Crippen LogP contribution is -3.12. The van der Waals surface area contributed by atoms with Crippen LogP contribution >= 0.6 is 0 Å². The minimum Gasteiger partial charge on any atom is -0.375 e. The first kappa shape index (κ1) is 20.2. The van der Waals surface area contributed by atoms with E-state index in [1.807, 2.05) is 18.2 Å². The first-order valence-corrected chi connectivity index (χ1v) is 10.9. The zero-order valence-corrected chi connectivity index (χ0v) is 16.5. The summed E-state index contributed by atoms with van der Waals surface area (Å²) >= 11 is 0. The lowest BCUT2D eigenvalue weighted by Gasteiger charge is -2.24. The van der Waals surface area contributed by atoms with Gasteiger partial charge in [0.1, 0.15) is 25.3 Å². The van der Waals surface area contributed by atoms with E-state index in [1.54, 1.807) is 0 Å². The van der Waals surface area contributed by atoms with Gasteiger partial charge in [-0.3, -0.25) is 10.1 Å². The van der Waals surface area contributed by atoms with E-state index >= 15 is 0 Å². The van der Waals surface area contributed by atoms with Crippen molar-refractivity contribution < 1.29 is 23.0 Å². The summed E-state index contributed by atoms with van der Waals surface area (Å²) in [6.45, 7) is 4.72. The Labute approximate surface area is 164 Å². The Bertz CT molecular complexity index is 956. The van der Waals surface area contributed by atoms with E-state index in [0.29, 0.717) is 12.2 Å². The number of nitrogens with one attached hydrogen (secondary N) is 2. The first-order chi connectivity index (χ1) is 13.3. The number of nitro benzene ring substituents is 1. The van der Waals surface area contributed by atoms with Crippen LogP contribution in [0.25, 0.3) is 0 Å². The number of nitro groups is 1. The van der Waals surface area contributed by atoms with Crippen LogP contribution in [0, 0.1) is 10.1 Å². The average molecular weight is 406 g/mol. The Kier molecular flexibility index (Phi) is 6.28. The maximum absolute atomic E-state index is 11.7. The zero-order valence-electron chi connectivity index (χ0n) is 15.7. The number of sulfone groups is 1. The molecule has 1 heterocycles. The smallest absolute Gasteiger partial charge is 0.293 e. The Hall–Kier alpha value is -2.49. The van der Waals surface area contributed by atoms with E-state index in [-0.39, 0.29) is 10.6 Å². The van der Waals surface area contributed by atoms with Gasteiger partial charge in [0, 0.05) is 24.4 Å². The third-order valence-electron chi connectivity index (χ3n) is 4.82. The monoisotopic (exact) mass is 406 g/mol. The van der Waals surface area contributed by atoms with E-state index in [1.165, 1.54) is 22.6 Å². The van der Waals surface area contributed by atoms with Gasteiger partial charge in [0.25, 0.3) is 5.69 Å². The lowest BCUT2D eigenvalue weighted by molar-refractivity contribution is -0.921. The summed E-state index contributed by atoms with van der Waals surface area (Å²) in [6, 6.07) is 11.9. The second-order valence-corrected chi connectivity index (χ2v) is 8.89. The molecule has 0 saturated carbocycles. The number of ether oxygens (including phenoxy) is 1. The van der Waals surface area contributed by atoms with Gasteiger partial charge in [-0.1, -0.05) is 24.3 Å². The quantitative estimate of drug-likeness (QED) is 0.526. The molecule has 1 aliphatic heterocycles. The van der Waals surface area contributed by atoms with Crippen molar-refractivity contribution in [2.75, 3.05) is 37.9 Å². The zero-order chi connectivity index (χ0) is 20.1. The number of rotatable bonds is 7. The number of quaternary nitrogens is 1. The Balaban J connectivity index is 1.78. The van der Waals surface area contributed by atoms with Crippen LogP contribution in [0.5, 0.6) is 0 Å². The molecule has 2 N–H and O–H groups in total. The van der Waals surface area contributed by atoms with Gasteiger partial charge in [-0.05, 0) is 17.7 Å². The van der Waals surface area contributed by atoms with E-state index in [0.717, 1.165) is 50.7 Å². The molecule has 0 bridgehead atoms. The van der Waals surface area contributed by atoms with Crippen LogP contribution in [0.1, 0.15) is 11.1 Å². The fraction of sp³-hybridized carbons (Fsp3) is 0.368. The molecule has 28 heavy (non-hydrogen) atoms. The molecule has 150 valence electrons. The van der Waals surface area contributed by atoms with Crippen molar-refractivity contribution in [1.29, 1.82) is 0 Å². The molecule has 2 aromatic carbocycles. The standard InChI is InChI=1S/C19H23N3O5S/c1-28(25,26)17-6-7-18(19(12-17)22(23)24)20-13-15-4-2-3-5-16(15)14-21-8-10-27-11-9-21/h2-7,12,20H,8-11,13-14H2,1H3/p+1. The van der Waals surface area contributed by atoms with Gasteiger partial charge >= 0.3 is 0 Å². The molecule has 2 aromatic rings. The van der Waals surface area contributed by atoms with Gasteiger partial charge in [-0.2, -0.15) is 0 Å². The highest BCUT2D eigenvalue weighted by atomic mass is 32.2. The summed E-state index contributed by atoms with van der Waals surface area (Å²) < 4.78 is 28.8. The van der Waals surface area contributed by atoms with Gasteiger partial charge in [-0.15, -0.1) is 0 Å². The highest BCUT2D eigenvalue weighted by molar-refractivity contribution is 7.90. The second-order valence-electron chi connectivity index (χ2n) is 6.87. The van der Waals surface area contributed by atoms with Crippen molar-refractivity contribution in [3.05, 3.63) is 63.7 Å². The summed E-state index contributed by atoms with van der Waals surface area (Å²) in [7, 11) is -3.51. The van der Waals surface area contributed by atoms with Gasteiger partial charge in [0.05, 0.1) is 23.0 Å². The molecule has 8 nitrogen and oxygen atoms in total. The van der Waals surface area contributed by atoms with Crippen LogP contribution in [0.3, 0.4) is 0 Å². The Morgan fingerprint density at radius 3 is 2.46 bits per heavy atom. The van der Waals surface area contributed by atoms with Crippen molar-refractivity contribution in [3.63, 3.8) is 0 Å². The topological polar surface area (TPSA) is 103 Å². The molecule has 0 radical (unpaired) electrons. The number of benzene rings is 2. The molecule has 1 fully saturated rings. The Morgan fingerprint density at radius 2 is 1.82 bits per heavy atom. The highest BCUT2D eigenvalue weighted by Gasteiger charge is 2.20. The minimum atomic E-state index is -3.51. The lowest BCUT2D eigenvalue weighted by atomic mass is 10.1. The van der Waals surface area contributed by atoms with Crippen LogP contribution in [0.2, 0.25) is 0 Å². The third-order valence-corrected chi connectivity index (χ3v) is 5.93. The molecular formula is C19H24N3O5S+. The molecule has 0 atom stereocenters. The van der Waals surface area contributed by atoms with Crippen molar-refractivity contribution in [3.8, 4) is 0 Å². The fourth-order valence-electron chi connectivity index (χ4n) is 3.24. The van der Waals surface area contributed by atoms with E-state index in [4.69, 9.17) is 4.74 Å². The predicted octanol–water partition coefficient (Wildman–Crippen LogP) is 1.03. The maximum atomic E-state index is 11.7. The summed E-state index contributed by atoms with van der Waals surface area (Å²) in [6.07, 6.45) is 1.03. The van der Waals surface area contributed by atoms with E-state index < -0.39 is 14.8 Å². The molecule has 9 heteroatoms. The van der Waals surface area contributed by atoms with Crippen LogP contribution in [0.4, 0.5) is 11.4 Å². The van der Waals surface area contributed by atoms with Gasteiger partial charge in [0.2, 0.25) is 0 Å². The largest absolute Gasteiger partial charge is 0.375 e. The van der Waals surface area contributed by atoms with Crippen molar-refractivity contribution >= 4 is 21.2 Å². The number of hydrogen-bond acceptors (Lipinski definition) is 6. The molecule has 0 amide bonds. The van der Waals surface area contributed by atoms with Crippen molar-refractivity contribution in [1.82, 2.24) is 0 Å². The first-order valence-electron chi connectivity index (χ1n) is 9.05. The van der Waals surface area contributed by atoms with Crippen LogP contribution in [0.15, 0.2) is 47.4 Å². The van der Waals surface area contributed by atoms with Gasteiger partial charge in [-0.25, -0.2) is 8.42 Å². The number of morpholine rings is 1. The maximum Gasteiger partial charge on any atom is 0.293 e. The summed E-state index contributed by atoms with van der Waals surface area (Å²) in [5.74, 6) is 0. The Morgan fingerprint density at radius 1 is 1.14 bits per heavy atom. The average Bonchev–Trinajstić information content (AvgIpc) is 2.67. The third kappa shape index (κ3) is 5.06. The van der Waals surface area contributed by atoms with Crippen LogP contribution in [-0.4, -0.2) is 45.9 Å². The SMILES string of the molecule is CS(=O)(=O)c1ccc(NCc2ccccc2C[NH+]2CCOCC2)c([N+](=O)[O-])c1. The predicted molar refractivity (Wildman–Crippen MR) is 105 cm³/mol. The number of hydrogen-bond donors (Lipinski definition) is 2. The number of anilines is 1. The number of nitrogens with zero attached hydrogens (tertiary/aromatic N) is 1. The molecule has 3 rings (SSSR count). The summed E-state index contributed by atoms with van der Waals surface area (Å²) in [5, 5.41) is 14.5. The normalized spacial score (nSPS) is 15.3. The van der Waals surface area contributed by atoms with Crippen molar-refractivity contribution in [2.24, 2.45) is 0 Å². The summed E-state index contributed by atoms with van der Waals surface area (Å²) in [4.78, 5) is 12.2. The van der Waals surface area contributed by atoms with Gasteiger partial charge in [0.15, 0.2) is 9.84 Å². The second kappa shape index (κ2) is 8.68. The molecule has 0 unspecified atom stereocenters. The molecular weight excluding hydrogens is 382 g/mol. The highest BCUT2D eigenvalue weighted by Crippen LogP contribution is 2.28. The molecule has 0 aromatic heterocycles. The molecule has 1 saturated heterocycles. The molecule has 0 aliphatic carbocycles. The molecule has 0 spiro atoms. The van der Waals surface area contributed by atoms with Crippen LogP contribution < -0.4 is 10.2 Å².